The lowest BCUT2D eigenvalue weighted by Gasteiger charge is -2.27. The van der Waals surface area contributed by atoms with Crippen LogP contribution in [-0.2, 0) is 19.3 Å². The van der Waals surface area contributed by atoms with Crippen LogP contribution < -0.4 is 5.32 Å². The fourth-order valence-electron chi connectivity index (χ4n) is 2.92. The molecule has 0 saturated carbocycles. The number of carbonyl (C=O) groups is 2. The van der Waals surface area contributed by atoms with E-state index in [-0.39, 0.29) is 30.1 Å². The van der Waals surface area contributed by atoms with E-state index in [1.165, 1.54) is 27.8 Å². The first kappa shape index (κ1) is 19.9. The van der Waals surface area contributed by atoms with Crippen molar-refractivity contribution < 1.29 is 22.8 Å². The third kappa shape index (κ3) is 4.18. The lowest BCUT2D eigenvalue weighted by atomic mass is 10.1. The first-order valence-electron chi connectivity index (χ1n) is 9.03. The van der Waals surface area contributed by atoms with Crippen molar-refractivity contribution >= 4 is 11.8 Å². The minimum absolute atomic E-state index is 0.00176. The summed E-state index contributed by atoms with van der Waals surface area (Å²) in [5.74, 6) is -0.639. The van der Waals surface area contributed by atoms with Gasteiger partial charge in [-0.05, 0) is 31.0 Å². The quantitative estimate of drug-likeness (QED) is 0.848. The second kappa shape index (κ2) is 7.65. The highest BCUT2D eigenvalue weighted by Gasteiger charge is 2.31. The average molecular weight is 394 g/mol. The van der Waals surface area contributed by atoms with Crippen molar-refractivity contribution in [2.75, 3.05) is 6.54 Å². The van der Waals surface area contributed by atoms with Gasteiger partial charge in [0.1, 0.15) is 5.69 Å². The summed E-state index contributed by atoms with van der Waals surface area (Å²) in [5.41, 5.74) is 0.354. The van der Waals surface area contributed by atoms with Crippen molar-refractivity contribution in [3.8, 4) is 0 Å². The van der Waals surface area contributed by atoms with E-state index >= 15 is 0 Å². The minimum Gasteiger partial charge on any atom is -0.348 e. The molecule has 0 bridgehead atoms. The van der Waals surface area contributed by atoms with Gasteiger partial charge in [0.05, 0.1) is 12.1 Å². The molecule has 1 aliphatic rings. The van der Waals surface area contributed by atoms with Crippen molar-refractivity contribution in [3.63, 3.8) is 0 Å². The number of nitrogens with one attached hydrogen (secondary N) is 1. The molecule has 0 saturated heterocycles. The number of amides is 2. The number of fused-ring (bicyclic) bond motifs is 1. The molecule has 150 valence electrons. The molecule has 0 spiro atoms. The molecule has 9 heteroatoms. The Balaban J connectivity index is 1.71. The van der Waals surface area contributed by atoms with E-state index in [0.717, 1.165) is 18.6 Å². The molecular weight excluding hydrogens is 373 g/mol. The van der Waals surface area contributed by atoms with Gasteiger partial charge < -0.3 is 10.2 Å². The number of rotatable bonds is 5. The van der Waals surface area contributed by atoms with Crippen LogP contribution in [0, 0.1) is 0 Å². The van der Waals surface area contributed by atoms with Crippen molar-refractivity contribution in [2.24, 2.45) is 0 Å². The van der Waals surface area contributed by atoms with Crippen LogP contribution >= 0.6 is 0 Å². The third-order valence-corrected chi connectivity index (χ3v) is 4.75. The van der Waals surface area contributed by atoms with Crippen LogP contribution in [0.2, 0.25) is 0 Å². The highest BCUT2D eigenvalue weighted by atomic mass is 19.4. The maximum Gasteiger partial charge on any atom is 0.416 e. The van der Waals surface area contributed by atoms with Gasteiger partial charge in [0.2, 0.25) is 0 Å². The molecule has 1 unspecified atom stereocenters. The van der Waals surface area contributed by atoms with E-state index in [2.05, 4.69) is 10.4 Å². The predicted molar refractivity (Wildman–Crippen MR) is 95.6 cm³/mol. The van der Waals surface area contributed by atoms with Gasteiger partial charge in [-0.2, -0.15) is 18.3 Å². The summed E-state index contributed by atoms with van der Waals surface area (Å²) in [4.78, 5) is 26.5. The number of aromatic nitrogens is 2. The SMILES string of the molecule is CCC(C)NC(=O)c1cc2n(n1)CCN(Cc1ccc(C(F)(F)F)cc1)C2=O. The smallest absolute Gasteiger partial charge is 0.348 e. The van der Waals surface area contributed by atoms with Crippen LogP contribution in [-0.4, -0.2) is 39.1 Å². The van der Waals surface area contributed by atoms with Gasteiger partial charge in [-0.3, -0.25) is 14.3 Å². The molecule has 2 amide bonds. The van der Waals surface area contributed by atoms with Crippen LogP contribution in [0.3, 0.4) is 0 Å². The lowest BCUT2D eigenvalue weighted by molar-refractivity contribution is -0.137. The number of nitrogens with zero attached hydrogens (tertiary/aromatic N) is 3. The maximum atomic E-state index is 12.7. The largest absolute Gasteiger partial charge is 0.416 e. The molecule has 1 atom stereocenters. The summed E-state index contributed by atoms with van der Waals surface area (Å²) in [6.07, 6.45) is -3.61. The molecular formula is C19H21F3N4O2. The van der Waals surface area contributed by atoms with Crippen LogP contribution in [0.25, 0.3) is 0 Å². The van der Waals surface area contributed by atoms with Crippen molar-refractivity contribution in [1.82, 2.24) is 20.0 Å². The summed E-state index contributed by atoms with van der Waals surface area (Å²) in [7, 11) is 0. The van der Waals surface area contributed by atoms with Crippen LogP contribution in [0.15, 0.2) is 30.3 Å². The molecule has 1 aliphatic heterocycles. The zero-order valence-electron chi connectivity index (χ0n) is 15.6. The standard InChI is InChI=1S/C19H21F3N4O2/c1-3-12(2)23-17(27)15-10-16-18(28)25(8-9-26(16)24-15)11-13-4-6-14(7-5-13)19(20,21)22/h4-7,10,12H,3,8-9,11H2,1-2H3,(H,23,27). The van der Waals surface area contributed by atoms with Gasteiger partial charge >= 0.3 is 6.18 Å². The van der Waals surface area contributed by atoms with E-state index in [4.69, 9.17) is 0 Å². The van der Waals surface area contributed by atoms with Gasteiger partial charge in [0, 0.05) is 25.2 Å². The zero-order valence-corrected chi connectivity index (χ0v) is 15.6. The maximum absolute atomic E-state index is 12.7. The number of halogens is 3. The Morgan fingerprint density at radius 1 is 1.25 bits per heavy atom. The Bertz CT molecular complexity index is 874. The number of hydrogen-bond acceptors (Lipinski definition) is 3. The first-order chi connectivity index (χ1) is 13.2. The lowest BCUT2D eigenvalue weighted by Crippen LogP contribution is -2.39. The van der Waals surface area contributed by atoms with Crippen molar-refractivity contribution in [1.29, 1.82) is 0 Å². The Labute approximate surface area is 160 Å². The molecule has 0 fully saturated rings. The summed E-state index contributed by atoms with van der Waals surface area (Å²) < 4.78 is 39.5. The fraction of sp³-hybridized carbons (Fsp3) is 0.421. The van der Waals surface area contributed by atoms with Crippen molar-refractivity contribution in [3.05, 3.63) is 52.8 Å². The van der Waals surface area contributed by atoms with Gasteiger partial charge in [0.15, 0.2) is 5.69 Å². The Kier molecular flexibility index (Phi) is 5.44. The van der Waals surface area contributed by atoms with Crippen LogP contribution in [0.4, 0.5) is 13.2 Å². The second-order valence-corrected chi connectivity index (χ2v) is 6.84. The van der Waals surface area contributed by atoms with E-state index in [9.17, 15) is 22.8 Å². The van der Waals surface area contributed by atoms with Crippen molar-refractivity contribution in [2.45, 2.75) is 45.6 Å². The number of hydrogen-bond donors (Lipinski definition) is 1. The molecule has 3 rings (SSSR count). The van der Waals surface area contributed by atoms with E-state index < -0.39 is 11.7 Å². The average Bonchev–Trinajstić information content (AvgIpc) is 3.09. The third-order valence-electron chi connectivity index (χ3n) is 4.75. The molecule has 0 aliphatic carbocycles. The Morgan fingerprint density at radius 2 is 1.93 bits per heavy atom. The fourth-order valence-corrected chi connectivity index (χ4v) is 2.92. The second-order valence-electron chi connectivity index (χ2n) is 6.84. The number of carbonyl (C=O) groups excluding carboxylic acids is 2. The molecule has 1 N–H and O–H groups in total. The molecule has 2 aromatic rings. The molecule has 1 aromatic carbocycles. The van der Waals surface area contributed by atoms with Crippen LogP contribution in [0.5, 0.6) is 0 Å². The predicted octanol–water partition coefficient (Wildman–Crippen LogP) is 3.09. The van der Waals surface area contributed by atoms with E-state index in [0.29, 0.717) is 24.3 Å². The summed E-state index contributed by atoms with van der Waals surface area (Å²) in [6.45, 7) is 4.80. The Morgan fingerprint density at radius 3 is 2.54 bits per heavy atom. The summed E-state index contributed by atoms with van der Waals surface area (Å²) in [6, 6.07) is 6.20. The van der Waals surface area contributed by atoms with E-state index in [1.807, 2.05) is 13.8 Å². The topological polar surface area (TPSA) is 67.2 Å². The molecule has 1 aromatic heterocycles. The Hall–Kier alpha value is -2.84. The highest BCUT2D eigenvalue weighted by Crippen LogP contribution is 2.29. The summed E-state index contributed by atoms with van der Waals surface area (Å²) >= 11 is 0. The summed E-state index contributed by atoms with van der Waals surface area (Å²) in [5, 5.41) is 7.01. The molecule has 28 heavy (non-hydrogen) atoms. The number of alkyl halides is 3. The number of benzene rings is 1. The van der Waals surface area contributed by atoms with E-state index in [1.54, 1.807) is 0 Å². The van der Waals surface area contributed by atoms with Gasteiger partial charge in [-0.15, -0.1) is 0 Å². The zero-order chi connectivity index (χ0) is 20.5. The van der Waals surface area contributed by atoms with Gasteiger partial charge in [-0.25, -0.2) is 0 Å². The van der Waals surface area contributed by atoms with Gasteiger partial charge in [0.25, 0.3) is 11.8 Å². The molecule has 0 radical (unpaired) electrons. The molecule has 2 heterocycles. The minimum atomic E-state index is -4.39. The normalized spacial score (nSPS) is 15.3. The monoisotopic (exact) mass is 394 g/mol. The van der Waals surface area contributed by atoms with Crippen LogP contribution in [0.1, 0.15) is 52.4 Å². The first-order valence-corrected chi connectivity index (χ1v) is 9.03. The molecule has 6 nitrogen and oxygen atoms in total. The highest BCUT2D eigenvalue weighted by molar-refractivity contribution is 5.98. The van der Waals surface area contributed by atoms with Gasteiger partial charge in [-0.1, -0.05) is 19.1 Å².